The van der Waals surface area contributed by atoms with E-state index in [9.17, 15) is 36.3 Å². The summed E-state index contributed by atoms with van der Waals surface area (Å²) in [6.45, 7) is 1.75. The lowest BCUT2D eigenvalue weighted by atomic mass is 9.81. The van der Waals surface area contributed by atoms with Crippen LogP contribution in [0.3, 0.4) is 0 Å². The number of aryl methyl sites for hydroxylation is 1. The van der Waals surface area contributed by atoms with Gasteiger partial charge in [-0.15, -0.1) is 0 Å². The number of aldehydes is 1. The lowest BCUT2D eigenvalue weighted by molar-refractivity contribution is -0.183. The van der Waals surface area contributed by atoms with E-state index >= 15 is 0 Å². The summed E-state index contributed by atoms with van der Waals surface area (Å²) in [4.78, 5) is 42.1. The molecule has 2 aliphatic rings. The maximum Gasteiger partial charge on any atom is 0.393 e. The minimum absolute atomic E-state index is 0.0614. The molecule has 1 aliphatic heterocycles. The van der Waals surface area contributed by atoms with Crippen LogP contribution in [0, 0.1) is 17.8 Å². The molecule has 0 unspecified atom stereocenters. The standard InChI is InChI=1S/C27H30F5N7O3/c1-2-38-21(5-8-34-38)25(42)36-23(15-3-6-26(28,29)7-4-15)20-13-39-22(35-20)11-17(14-40)19(37-39)10-16-9-18(27(30,31)32)12-33-24(16)41/h5,8,11,13-16,18,23H,2-4,6-7,9-10,12H2,1H3,(H,33,41)(H,36,42)/t16-,18-,23+/m1/s1. The van der Waals surface area contributed by atoms with Gasteiger partial charge in [-0.05, 0) is 44.2 Å². The van der Waals surface area contributed by atoms with E-state index in [1.54, 1.807) is 6.07 Å². The third-order valence-corrected chi connectivity index (χ3v) is 8.16. The summed E-state index contributed by atoms with van der Waals surface area (Å²) in [6.07, 6.45) is -2.05. The van der Waals surface area contributed by atoms with Gasteiger partial charge in [0.05, 0.1) is 29.5 Å². The number of imidazole rings is 1. The highest BCUT2D eigenvalue weighted by atomic mass is 19.4. The van der Waals surface area contributed by atoms with Gasteiger partial charge >= 0.3 is 6.18 Å². The minimum atomic E-state index is -4.48. The number of halogens is 5. The van der Waals surface area contributed by atoms with Gasteiger partial charge in [0.25, 0.3) is 5.91 Å². The van der Waals surface area contributed by atoms with Crippen molar-refractivity contribution in [2.75, 3.05) is 6.54 Å². The van der Waals surface area contributed by atoms with Gasteiger partial charge < -0.3 is 10.6 Å². The van der Waals surface area contributed by atoms with Gasteiger partial charge in [-0.2, -0.15) is 23.4 Å². The molecule has 2 fully saturated rings. The van der Waals surface area contributed by atoms with Crippen LogP contribution < -0.4 is 10.6 Å². The van der Waals surface area contributed by atoms with E-state index in [-0.39, 0.29) is 54.9 Å². The Labute approximate surface area is 237 Å². The highest BCUT2D eigenvalue weighted by molar-refractivity contribution is 5.92. The predicted octanol–water partition coefficient (Wildman–Crippen LogP) is 3.91. The number of amides is 2. The molecule has 3 aromatic rings. The fourth-order valence-electron chi connectivity index (χ4n) is 5.79. The Morgan fingerprint density at radius 2 is 2.02 bits per heavy atom. The second kappa shape index (κ2) is 11.4. The van der Waals surface area contributed by atoms with Crippen LogP contribution in [0.2, 0.25) is 0 Å². The van der Waals surface area contributed by atoms with E-state index in [4.69, 9.17) is 0 Å². The smallest absolute Gasteiger partial charge is 0.355 e. The highest BCUT2D eigenvalue weighted by Gasteiger charge is 2.45. The van der Waals surface area contributed by atoms with Crippen molar-refractivity contribution < 1.29 is 36.3 Å². The van der Waals surface area contributed by atoms with Gasteiger partial charge in [0.1, 0.15) is 5.69 Å². The van der Waals surface area contributed by atoms with Crippen molar-refractivity contribution in [1.82, 2.24) is 35.0 Å². The SMILES string of the molecule is CCn1nccc1C(=O)N[C@H](c1cn2nc(C[C@H]3C[C@@H](C(F)(F)F)CNC3=O)c(C=O)cc2n1)C1CCC(F)(F)CC1. The first-order valence-corrected chi connectivity index (χ1v) is 13.8. The Balaban J connectivity index is 1.46. The number of nitrogens with zero attached hydrogens (tertiary/aromatic N) is 5. The molecule has 1 saturated carbocycles. The number of fused-ring (bicyclic) bond motifs is 1. The molecular weight excluding hydrogens is 565 g/mol. The van der Waals surface area contributed by atoms with Crippen LogP contribution in [0.4, 0.5) is 22.0 Å². The molecule has 42 heavy (non-hydrogen) atoms. The van der Waals surface area contributed by atoms with Crippen molar-refractivity contribution in [3.8, 4) is 0 Å². The first kappa shape index (κ1) is 29.6. The van der Waals surface area contributed by atoms with Gasteiger partial charge in [0.2, 0.25) is 11.8 Å². The molecule has 2 N–H and O–H groups in total. The highest BCUT2D eigenvalue weighted by Crippen LogP contribution is 2.41. The summed E-state index contributed by atoms with van der Waals surface area (Å²) >= 11 is 0. The van der Waals surface area contributed by atoms with Gasteiger partial charge in [0.15, 0.2) is 11.9 Å². The van der Waals surface area contributed by atoms with Gasteiger partial charge in [-0.3, -0.25) is 19.1 Å². The number of rotatable bonds is 8. The van der Waals surface area contributed by atoms with Crippen LogP contribution in [0.15, 0.2) is 24.5 Å². The summed E-state index contributed by atoms with van der Waals surface area (Å²) in [5.74, 6) is -6.93. The topological polar surface area (TPSA) is 123 Å². The second-order valence-corrected chi connectivity index (χ2v) is 10.9. The predicted molar refractivity (Wildman–Crippen MR) is 138 cm³/mol. The molecule has 10 nitrogen and oxygen atoms in total. The number of aromatic nitrogens is 5. The molecule has 2 amide bonds. The summed E-state index contributed by atoms with van der Waals surface area (Å²) in [6, 6.07) is 2.18. The van der Waals surface area contributed by atoms with Crippen LogP contribution >= 0.6 is 0 Å². The fraction of sp³-hybridized carbons (Fsp3) is 0.556. The number of carbonyl (C=O) groups is 3. The molecule has 0 spiro atoms. The molecule has 1 aliphatic carbocycles. The number of hydrogen-bond acceptors (Lipinski definition) is 6. The molecule has 0 bridgehead atoms. The zero-order valence-corrected chi connectivity index (χ0v) is 22.7. The fourth-order valence-corrected chi connectivity index (χ4v) is 5.79. The van der Waals surface area contributed by atoms with Crippen LogP contribution in [0.1, 0.15) is 77.3 Å². The van der Waals surface area contributed by atoms with Crippen molar-refractivity contribution in [3.05, 3.63) is 47.2 Å². The molecule has 226 valence electrons. The van der Waals surface area contributed by atoms with E-state index in [2.05, 4.69) is 25.8 Å². The average molecular weight is 596 g/mol. The molecule has 3 atom stereocenters. The van der Waals surface area contributed by atoms with Gasteiger partial charge in [-0.25, -0.2) is 18.3 Å². The molecule has 0 aromatic carbocycles. The van der Waals surface area contributed by atoms with Crippen molar-refractivity contribution in [1.29, 1.82) is 0 Å². The maximum atomic E-state index is 14.0. The number of carbonyl (C=O) groups excluding carboxylic acids is 3. The lowest BCUT2D eigenvalue weighted by Crippen LogP contribution is -2.47. The summed E-state index contributed by atoms with van der Waals surface area (Å²) in [5, 5.41) is 13.7. The van der Waals surface area contributed by atoms with E-state index in [1.165, 1.54) is 27.7 Å². The first-order chi connectivity index (χ1) is 19.9. The van der Waals surface area contributed by atoms with Gasteiger partial charge in [0, 0.05) is 50.0 Å². The zero-order chi connectivity index (χ0) is 30.2. The molecule has 1 saturated heterocycles. The van der Waals surface area contributed by atoms with Crippen LogP contribution in [-0.4, -0.2) is 61.1 Å². The Morgan fingerprint density at radius 3 is 2.69 bits per heavy atom. The average Bonchev–Trinajstić information content (AvgIpc) is 3.58. The largest absolute Gasteiger partial charge is 0.393 e. The number of nitrogens with one attached hydrogen (secondary N) is 2. The molecule has 15 heteroatoms. The third-order valence-electron chi connectivity index (χ3n) is 8.16. The first-order valence-electron chi connectivity index (χ1n) is 13.8. The molecule has 5 rings (SSSR count). The van der Waals surface area contributed by atoms with E-state index in [1.807, 2.05) is 6.92 Å². The summed E-state index contributed by atoms with van der Waals surface area (Å²) < 4.78 is 70.7. The molecular formula is C27H30F5N7O3. The second-order valence-electron chi connectivity index (χ2n) is 10.9. The molecule has 4 heterocycles. The van der Waals surface area contributed by atoms with E-state index < -0.39 is 54.8 Å². The summed E-state index contributed by atoms with van der Waals surface area (Å²) in [5.41, 5.74) is 1.02. The van der Waals surface area contributed by atoms with Crippen LogP contribution in [0.5, 0.6) is 0 Å². The minimum Gasteiger partial charge on any atom is -0.355 e. The van der Waals surface area contributed by atoms with Crippen molar-refractivity contribution in [2.45, 2.75) is 70.1 Å². The number of piperidine rings is 1. The van der Waals surface area contributed by atoms with Crippen LogP contribution in [0.25, 0.3) is 5.65 Å². The Morgan fingerprint density at radius 1 is 1.29 bits per heavy atom. The lowest BCUT2D eigenvalue weighted by Gasteiger charge is -2.33. The van der Waals surface area contributed by atoms with Crippen molar-refractivity contribution >= 4 is 23.7 Å². The summed E-state index contributed by atoms with van der Waals surface area (Å²) in [7, 11) is 0. The number of hydrogen-bond donors (Lipinski definition) is 2. The molecule has 0 radical (unpaired) electrons. The van der Waals surface area contributed by atoms with Crippen LogP contribution in [-0.2, 0) is 17.8 Å². The maximum absolute atomic E-state index is 14.0. The normalized spacial score (nSPS) is 22.1. The Hall–Kier alpha value is -3.91. The molecule has 3 aromatic heterocycles. The Bertz CT molecular complexity index is 1470. The quantitative estimate of drug-likeness (QED) is 0.301. The Kier molecular flexibility index (Phi) is 8.03. The van der Waals surface area contributed by atoms with Crippen molar-refractivity contribution in [2.24, 2.45) is 17.8 Å². The third kappa shape index (κ3) is 6.14. The number of alkyl halides is 5. The van der Waals surface area contributed by atoms with E-state index in [0.29, 0.717) is 24.2 Å². The van der Waals surface area contributed by atoms with Crippen molar-refractivity contribution in [3.63, 3.8) is 0 Å². The van der Waals surface area contributed by atoms with E-state index in [0.717, 1.165) is 0 Å². The monoisotopic (exact) mass is 595 g/mol. The van der Waals surface area contributed by atoms with Gasteiger partial charge in [-0.1, -0.05) is 0 Å². The zero-order valence-electron chi connectivity index (χ0n) is 22.7.